The van der Waals surface area contributed by atoms with Gasteiger partial charge in [0.25, 0.3) is 0 Å². The number of aldehydes is 1. The van der Waals surface area contributed by atoms with Gasteiger partial charge in [0.05, 0.1) is 13.2 Å². The molecule has 0 fully saturated rings. The number of nitrogens with zero attached hydrogens (tertiary/aromatic N) is 1. The van der Waals surface area contributed by atoms with Crippen molar-refractivity contribution in [1.29, 1.82) is 0 Å². The summed E-state index contributed by atoms with van der Waals surface area (Å²) in [6.45, 7) is 3.80. The molecule has 0 spiro atoms. The second-order valence-electron chi connectivity index (χ2n) is 1.65. The van der Waals surface area contributed by atoms with E-state index in [1.165, 1.54) is 0 Å². The minimum Gasteiger partial charge on any atom is -0.371 e. The van der Waals surface area contributed by atoms with Gasteiger partial charge in [0.15, 0.2) is 6.29 Å². The molecule has 0 rings (SSSR count). The molecule has 1 amide bonds. The number of aliphatic imine (C=N–C) groups is 1. The van der Waals surface area contributed by atoms with E-state index in [-0.39, 0.29) is 12.3 Å². The summed E-state index contributed by atoms with van der Waals surface area (Å²) in [5, 5.41) is 0. The number of hydrogen-bond donors (Lipinski definition) is 0. The summed E-state index contributed by atoms with van der Waals surface area (Å²) in [7, 11) is 0. The van der Waals surface area contributed by atoms with Crippen LogP contribution >= 0.6 is 0 Å². The van der Waals surface area contributed by atoms with Crippen LogP contribution in [0.25, 0.3) is 0 Å². The first-order valence-corrected chi connectivity index (χ1v) is 2.99. The molecule has 0 radical (unpaired) electrons. The third-order valence-electron chi connectivity index (χ3n) is 0.840. The maximum Gasteiger partial charge on any atom is 0.233 e. The van der Waals surface area contributed by atoms with Crippen molar-refractivity contribution < 1.29 is 14.3 Å². The normalized spacial score (nSPS) is 10.7. The zero-order valence-corrected chi connectivity index (χ0v) is 6.03. The summed E-state index contributed by atoms with van der Waals surface area (Å²) < 4.78 is 4.85. The van der Waals surface area contributed by atoms with Gasteiger partial charge in [-0.1, -0.05) is 6.08 Å². The van der Waals surface area contributed by atoms with Crippen molar-refractivity contribution in [2.24, 2.45) is 4.99 Å². The van der Waals surface area contributed by atoms with Crippen LogP contribution in [-0.2, 0) is 14.3 Å². The third kappa shape index (κ3) is 5.17. The minimum absolute atomic E-state index is 0.0499. The Morgan fingerprint density at radius 1 is 1.55 bits per heavy atom. The largest absolute Gasteiger partial charge is 0.371 e. The monoisotopic (exact) mass is 155 g/mol. The summed E-state index contributed by atoms with van der Waals surface area (Å²) in [4.78, 5) is 23.1. The van der Waals surface area contributed by atoms with Gasteiger partial charge in [-0.05, 0) is 0 Å². The second-order valence-corrected chi connectivity index (χ2v) is 1.65. The van der Waals surface area contributed by atoms with Crippen LogP contribution in [-0.4, -0.2) is 31.6 Å². The fraction of sp³-hybridized carbons (Fsp3) is 0.286. The Bertz CT molecular complexity index is 175. The maximum atomic E-state index is 10.1. The van der Waals surface area contributed by atoms with E-state index in [4.69, 9.17) is 4.74 Å². The second kappa shape index (κ2) is 6.82. The molecule has 4 heteroatoms. The number of rotatable bonds is 6. The van der Waals surface area contributed by atoms with Gasteiger partial charge in [-0.25, -0.2) is 4.99 Å². The molecular weight excluding hydrogens is 146 g/mol. The zero-order valence-electron chi connectivity index (χ0n) is 6.03. The Morgan fingerprint density at radius 3 is 2.73 bits per heavy atom. The average Bonchev–Trinajstić information content (AvgIpc) is 2.03. The summed E-state index contributed by atoms with van der Waals surface area (Å²) in [5.74, 6) is 0. The maximum absolute atomic E-state index is 10.1. The van der Waals surface area contributed by atoms with Crippen molar-refractivity contribution in [3.05, 3.63) is 12.7 Å². The van der Waals surface area contributed by atoms with Gasteiger partial charge in [-0.3, -0.25) is 9.59 Å². The van der Waals surface area contributed by atoms with E-state index in [0.717, 1.165) is 0 Å². The van der Waals surface area contributed by atoms with Gasteiger partial charge in [-0.2, -0.15) is 0 Å². The Hall–Kier alpha value is -1.29. The standard InChI is InChI=1S/C7H9NO3/c1-2-3-11-5-7(4-9)8-6-10/h2,4,6H,1,3,5H2. The molecule has 0 atom stereocenters. The number of hydrogen-bond acceptors (Lipinski definition) is 3. The lowest BCUT2D eigenvalue weighted by Gasteiger charge is -1.96. The van der Waals surface area contributed by atoms with Crippen molar-refractivity contribution in [3.63, 3.8) is 0 Å². The number of amides is 1. The first-order chi connectivity index (χ1) is 5.35. The molecular formula is C7H9NO3. The molecule has 0 aromatic heterocycles. The molecule has 0 aliphatic heterocycles. The summed E-state index contributed by atoms with van der Waals surface area (Å²) in [6.07, 6.45) is 2.34. The predicted molar refractivity (Wildman–Crippen MR) is 40.6 cm³/mol. The van der Waals surface area contributed by atoms with Crippen LogP contribution in [0.4, 0.5) is 0 Å². The van der Waals surface area contributed by atoms with Gasteiger partial charge in [0.2, 0.25) is 6.41 Å². The number of carbonyl (C=O) groups is 2. The van der Waals surface area contributed by atoms with E-state index in [1.807, 2.05) is 0 Å². The molecule has 0 heterocycles. The van der Waals surface area contributed by atoms with E-state index >= 15 is 0 Å². The molecule has 0 aromatic carbocycles. The molecule has 0 bridgehead atoms. The summed E-state index contributed by atoms with van der Waals surface area (Å²) in [6, 6.07) is 0. The van der Waals surface area contributed by atoms with E-state index in [9.17, 15) is 9.59 Å². The molecule has 0 N–H and O–H groups in total. The van der Waals surface area contributed by atoms with Gasteiger partial charge in [0.1, 0.15) is 5.71 Å². The fourth-order valence-corrected chi connectivity index (χ4v) is 0.416. The van der Waals surface area contributed by atoms with Crippen molar-refractivity contribution in [1.82, 2.24) is 0 Å². The molecule has 11 heavy (non-hydrogen) atoms. The Balaban J connectivity index is 3.69. The quantitative estimate of drug-likeness (QED) is 0.234. The fourth-order valence-electron chi connectivity index (χ4n) is 0.416. The highest BCUT2D eigenvalue weighted by Gasteiger charge is 1.94. The van der Waals surface area contributed by atoms with Crippen molar-refractivity contribution in [2.45, 2.75) is 0 Å². The van der Waals surface area contributed by atoms with Crippen LogP contribution < -0.4 is 0 Å². The lowest BCUT2D eigenvalue weighted by Crippen LogP contribution is -2.10. The van der Waals surface area contributed by atoms with Crippen LogP contribution in [0.3, 0.4) is 0 Å². The Kier molecular flexibility index (Phi) is 6.02. The molecule has 4 nitrogen and oxygen atoms in total. The minimum atomic E-state index is 0.0499. The van der Waals surface area contributed by atoms with E-state index in [2.05, 4.69) is 11.6 Å². The number of carbonyl (C=O) groups excluding carboxylic acids is 2. The van der Waals surface area contributed by atoms with Crippen molar-refractivity contribution in [2.75, 3.05) is 13.2 Å². The van der Waals surface area contributed by atoms with Crippen molar-refractivity contribution >= 4 is 18.4 Å². The molecule has 0 aliphatic rings. The highest BCUT2D eigenvalue weighted by atomic mass is 16.5. The molecule has 0 saturated heterocycles. The smallest absolute Gasteiger partial charge is 0.233 e. The van der Waals surface area contributed by atoms with E-state index in [0.29, 0.717) is 19.3 Å². The van der Waals surface area contributed by atoms with Gasteiger partial charge >= 0.3 is 0 Å². The highest BCUT2D eigenvalue weighted by molar-refractivity contribution is 6.30. The van der Waals surface area contributed by atoms with Crippen LogP contribution in [0.5, 0.6) is 0 Å². The Labute approximate surface area is 64.6 Å². The highest BCUT2D eigenvalue weighted by Crippen LogP contribution is 1.78. The van der Waals surface area contributed by atoms with Crippen molar-refractivity contribution in [3.8, 4) is 0 Å². The Morgan fingerprint density at radius 2 is 2.27 bits per heavy atom. The third-order valence-corrected chi connectivity index (χ3v) is 0.840. The van der Waals surface area contributed by atoms with E-state index in [1.54, 1.807) is 6.08 Å². The van der Waals surface area contributed by atoms with Gasteiger partial charge in [0, 0.05) is 0 Å². The van der Waals surface area contributed by atoms with Gasteiger partial charge < -0.3 is 4.74 Å². The van der Waals surface area contributed by atoms with E-state index < -0.39 is 0 Å². The zero-order chi connectivity index (χ0) is 8.53. The lowest BCUT2D eigenvalue weighted by atomic mass is 10.4. The first-order valence-electron chi connectivity index (χ1n) is 2.99. The SMILES string of the molecule is C=CCOCC(C=O)=NC=O. The molecule has 0 aromatic rings. The molecule has 0 aliphatic carbocycles. The molecule has 0 saturated carbocycles. The topological polar surface area (TPSA) is 55.7 Å². The molecule has 0 unspecified atom stereocenters. The summed E-state index contributed by atoms with van der Waals surface area (Å²) in [5.41, 5.74) is 0.0850. The number of ether oxygens (including phenoxy) is 1. The van der Waals surface area contributed by atoms with Crippen LogP contribution in [0.1, 0.15) is 0 Å². The van der Waals surface area contributed by atoms with Gasteiger partial charge in [-0.15, -0.1) is 6.58 Å². The van der Waals surface area contributed by atoms with Crippen LogP contribution in [0.15, 0.2) is 17.6 Å². The van der Waals surface area contributed by atoms with Crippen LogP contribution in [0, 0.1) is 0 Å². The van der Waals surface area contributed by atoms with Crippen LogP contribution in [0.2, 0.25) is 0 Å². The molecule has 60 valence electrons. The average molecular weight is 155 g/mol. The predicted octanol–water partition coefficient (Wildman–Crippen LogP) is -0.0147. The first kappa shape index (κ1) is 9.71. The summed E-state index contributed by atoms with van der Waals surface area (Å²) >= 11 is 0. The lowest BCUT2D eigenvalue weighted by molar-refractivity contribution is -0.107.